The van der Waals surface area contributed by atoms with Gasteiger partial charge in [-0.2, -0.15) is 8.78 Å². The number of benzene rings is 1. The minimum atomic E-state index is -3.94. The summed E-state index contributed by atoms with van der Waals surface area (Å²) >= 11 is 0. The number of carbonyl (C=O) groups excluding carboxylic acids is 1. The Labute approximate surface area is 96.1 Å². The molecule has 0 aliphatic heterocycles. The molecule has 0 aliphatic carbocycles. The van der Waals surface area contributed by atoms with Gasteiger partial charge in [0.15, 0.2) is 0 Å². The van der Waals surface area contributed by atoms with Gasteiger partial charge in [-0.15, -0.1) is 0 Å². The fraction of sp³-hybridized carbons (Fsp3) is 0.364. The van der Waals surface area contributed by atoms with Crippen molar-refractivity contribution in [3.8, 4) is 5.75 Å². The summed E-state index contributed by atoms with van der Waals surface area (Å²) in [6.07, 6.45) is 0. The SMILES string of the molecule is CCOC(=O)C(F)(F)c1cc(F)ccc1OC. The first-order valence-corrected chi connectivity index (χ1v) is 4.82. The Morgan fingerprint density at radius 3 is 2.59 bits per heavy atom. The summed E-state index contributed by atoms with van der Waals surface area (Å²) in [7, 11) is 1.15. The van der Waals surface area contributed by atoms with Crippen molar-refractivity contribution in [1.82, 2.24) is 0 Å². The average Bonchev–Trinajstić information content (AvgIpc) is 2.29. The molecule has 0 aliphatic rings. The van der Waals surface area contributed by atoms with Gasteiger partial charge in [-0.05, 0) is 25.1 Å². The summed E-state index contributed by atoms with van der Waals surface area (Å²) in [6.45, 7) is 1.21. The summed E-state index contributed by atoms with van der Waals surface area (Å²) in [5.41, 5.74) is -0.849. The van der Waals surface area contributed by atoms with Crippen molar-refractivity contribution in [3.63, 3.8) is 0 Å². The molecule has 0 radical (unpaired) electrons. The van der Waals surface area contributed by atoms with Crippen LogP contribution in [0.1, 0.15) is 12.5 Å². The normalized spacial score (nSPS) is 11.1. The van der Waals surface area contributed by atoms with Crippen molar-refractivity contribution in [2.45, 2.75) is 12.8 Å². The lowest BCUT2D eigenvalue weighted by Crippen LogP contribution is -2.29. The minimum absolute atomic E-state index is 0.188. The molecule has 6 heteroatoms. The molecular formula is C11H11F3O3. The first-order chi connectivity index (χ1) is 7.93. The lowest BCUT2D eigenvalue weighted by molar-refractivity contribution is -0.173. The van der Waals surface area contributed by atoms with Crippen LogP contribution in [0, 0.1) is 5.82 Å². The van der Waals surface area contributed by atoms with Gasteiger partial charge in [-0.25, -0.2) is 9.18 Å². The van der Waals surface area contributed by atoms with E-state index in [-0.39, 0.29) is 12.4 Å². The van der Waals surface area contributed by atoms with Crippen molar-refractivity contribution in [2.24, 2.45) is 0 Å². The lowest BCUT2D eigenvalue weighted by Gasteiger charge is -2.17. The summed E-state index contributed by atoms with van der Waals surface area (Å²) in [6, 6.07) is 2.54. The maximum absolute atomic E-state index is 13.6. The second-order valence-electron chi connectivity index (χ2n) is 3.14. The van der Waals surface area contributed by atoms with E-state index in [1.165, 1.54) is 6.92 Å². The van der Waals surface area contributed by atoms with Gasteiger partial charge >= 0.3 is 11.9 Å². The summed E-state index contributed by atoms with van der Waals surface area (Å²) in [4.78, 5) is 11.1. The highest BCUT2D eigenvalue weighted by atomic mass is 19.3. The number of hydrogen-bond donors (Lipinski definition) is 0. The number of ether oxygens (including phenoxy) is 2. The number of hydrogen-bond acceptors (Lipinski definition) is 3. The third kappa shape index (κ3) is 2.69. The molecule has 0 spiro atoms. The molecule has 0 saturated heterocycles. The van der Waals surface area contributed by atoms with Crippen LogP contribution >= 0.6 is 0 Å². The van der Waals surface area contributed by atoms with Crippen LogP contribution < -0.4 is 4.74 Å². The fourth-order valence-corrected chi connectivity index (χ4v) is 1.26. The Hall–Kier alpha value is -1.72. The zero-order chi connectivity index (χ0) is 13.1. The van der Waals surface area contributed by atoms with Gasteiger partial charge < -0.3 is 9.47 Å². The number of methoxy groups -OCH3 is 1. The second kappa shape index (κ2) is 5.07. The highest BCUT2D eigenvalue weighted by Gasteiger charge is 2.45. The van der Waals surface area contributed by atoms with E-state index in [9.17, 15) is 18.0 Å². The van der Waals surface area contributed by atoms with Crippen LogP contribution in [0.25, 0.3) is 0 Å². The molecule has 0 unspecified atom stereocenters. The van der Waals surface area contributed by atoms with Crippen LogP contribution in [0.3, 0.4) is 0 Å². The van der Waals surface area contributed by atoms with Crippen LogP contribution in [0.4, 0.5) is 13.2 Å². The molecule has 0 amide bonds. The predicted molar refractivity (Wildman–Crippen MR) is 53.5 cm³/mol. The van der Waals surface area contributed by atoms with Crippen molar-refractivity contribution in [1.29, 1.82) is 0 Å². The van der Waals surface area contributed by atoms with Crippen molar-refractivity contribution >= 4 is 5.97 Å². The molecule has 0 bridgehead atoms. The van der Waals surface area contributed by atoms with Gasteiger partial charge in [-0.1, -0.05) is 0 Å². The van der Waals surface area contributed by atoms with Crippen LogP contribution in [0.2, 0.25) is 0 Å². The molecule has 1 rings (SSSR count). The highest BCUT2D eigenvalue weighted by molar-refractivity contribution is 5.80. The molecule has 0 aromatic heterocycles. The van der Waals surface area contributed by atoms with Crippen molar-refractivity contribution < 1.29 is 27.4 Å². The molecular weight excluding hydrogens is 237 g/mol. The maximum Gasteiger partial charge on any atom is 0.382 e. The van der Waals surface area contributed by atoms with E-state index in [1.807, 2.05) is 0 Å². The van der Waals surface area contributed by atoms with E-state index in [0.717, 1.165) is 19.2 Å². The molecule has 94 valence electrons. The molecule has 0 heterocycles. The Morgan fingerprint density at radius 1 is 1.41 bits per heavy atom. The number of esters is 1. The summed E-state index contributed by atoms with van der Waals surface area (Å²) in [5.74, 6) is -6.83. The first kappa shape index (κ1) is 13.3. The third-order valence-electron chi connectivity index (χ3n) is 2.03. The van der Waals surface area contributed by atoms with E-state index >= 15 is 0 Å². The van der Waals surface area contributed by atoms with Gasteiger partial charge in [0.2, 0.25) is 0 Å². The molecule has 17 heavy (non-hydrogen) atoms. The summed E-state index contributed by atoms with van der Waals surface area (Å²) < 4.78 is 49.1. The van der Waals surface area contributed by atoms with Crippen molar-refractivity contribution in [2.75, 3.05) is 13.7 Å². The van der Waals surface area contributed by atoms with E-state index in [0.29, 0.717) is 6.07 Å². The number of carbonyl (C=O) groups is 1. The fourth-order valence-electron chi connectivity index (χ4n) is 1.26. The monoisotopic (exact) mass is 248 g/mol. The van der Waals surface area contributed by atoms with Crippen LogP contribution in [0.15, 0.2) is 18.2 Å². The van der Waals surface area contributed by atoms with Gasteiger partial charge in [0, 0.05) is 0 Å². The first-order valence-electron chi connectivity index (χ1n) is 4.82. The third-order valence-corrected chi connectivity index (χ3v) is 2.03. The van der Waals surface area contributed by atoms with Crippen molar-refractivity contribution in [3.05, 3.63) is 29.6 Å². The number of alkyl halides is 2. The zero-order valence-electron chi connectivity index (χ0n) is 9.30. The zero-order valence-corrected chi connectivity index (χ0v) is 9.30. The van der Waals surface area contributed by atoms with E-state index in [4.69, 9.17) is 0 Å². The Balaban J connectivity index is 3.21. The van der Waals surface area contributed by atoms with Crippen LogP contribution in [0.5, 0.6) is 5.75 Å². The lowest BCUT2D eigenvalue weighted by atomic mass is 10.1. The smallest absolute Gasteiger partial charge is 0.382 e. The van der Waals surface area contributed by atoms with Crippen LogP contribution in [-0.4, -0.2) is 19.7 Å². The molecule has 0 fully saturated rings. The van der Waals surface area contributed by atoms with Gasteiger partial charge in [0.05, 0.1) is 19.3 Å². The predicted octanol–water partition coefficient (Wildman–Crippen LogP) is 2.49. The molecule has 0 atom stereocenters. The van der Waals surface area contributed by atoms with E-state index in [1.54, 1.807) is 0 Å². The average molecular weight is 248 g/mol. The van der Waals surface area contributed by atoms with Gasteiger partial charge in [-0.3, -0.25) is 0 Å². The molecule has 0 N–H and O–H groups in total. The Kier molecular flexibility index (Phi) is 3.98. The molecule has 1 aromatic rings. The Bertz CT molecular complexity index is 418. The topological polar surface area (TPSA) is 35.5 Å². The standard InChI is InChI=1S/C11H11F3O3/c1-3-17-10(15)11(13,14)8-6-7(12)4-5-9(8)16-2/h4-6H,3H2,1-2H3. The highest BCUT2D eigenvalue weighted by Crippen LogP contribution is 2.36. The molecule has 3 nitrogen and oxygen atoms in total. The molecule has 1 aromatic carbocycles. The van der Waals surface area contributed by atoms with Crippen LogP contribution in [-0.2, 0) is 15.5 Å². The Morgan fingerprint density at radius 2 is 2.06 bits per heavy atom. The quantitative estimate of drug-likeness (QED) is 0.768. The van der Waals surface area contributed by atoms with Gasteiger partial charge in [0.1, 0.15) is 11.6 Å². The minimum Gasteiger partial charge on any atom is -0.496 e. The largest absolute Gasteiger partial charge is 0.496 e. The molecule has 0 saturated carbocycles. The second-order valence-corrected chi connectivity index (χ2v) is 3.14. The number of halogens is 3. The number of rotatable bonds is 4. The van der Waals surface area contributed by atoms with E-state index < -0.39 is 23.3 Å². The maximum atomic E-state index is 13.6. The van der Waals surface area contributed by atoms with Gasteiger partial charge in [0.25, 0.3) is 0 Å². The van der Waals surface area contributed by atoms with E-state index in [2.05, 4.69) is 9.47 Å². The summed E-state index contributed by atoms with van der Waals surface area (Å²) in [5, 5.41) is 0.